The second kappa shape index (κ2) is 8.54. The van der Waals surface area contributed by atoms with E-state index in [1.807, 2.05) is 0 Å². The molecular weight excluding hydrogens is 296 g/mol. The molecule has 0 aromatic carbocycles. The second-order valence-electron chi connectivity index (χ2n) is 7.69. The molecule has 2 bridgehead atoms. The van der Waals surface area contributed by atoms with E-state index in [2.05, 4.69) is 17.6 Å². The van der Waals surface area contributed by atoms with Crippen molar-refractivity contribution in [1.82, 2.24) is 10.6 Å². The summed E-state index contributed by atoms with van der Waals surface area (Å²) >= 11 is 0. The van der Waals surface area contributed by atoms with E-state index >= 15 is 0 Å². The lowest BCUT2D eigenvalue weighted by Crippen LogP contribution is -2.44. The van der Waals surface area contributed by atoms with Gasteiger partial charge in [-0.05, 0) is 56.8 Å². The van der Waals surface area contributed by atoms with Crippen molar-refractivity contribution in [2.24, 2.45) is 11.8 Å². The third-order valence-corrected chi connectivity index (χ3v) is 5.98. The van der Waals surface area contributed by atoms with Crippen molar-refractivity contribution in [3.05, 3.63) is 0 Å². The van der Waals surface area contributed by atoms with Gasteiger partial charge in [0.05, 0.1) is 0 Å². The molecule has 22 heavy (non-hydrogen) atoms. The van der Waals surface area contributed by atoms with Crippen LogP contribution in [0.5, 0.6) is 0 Å². The predicted octanol–water partition coefficient (Wildman–Crippen LogP) is 3.80. The Labute approximate surface area is 141 Å². The minimum atomic E-state index is 0. The Morgan fingerprint density at radius 2 is 1.86 bits per heavy atom. The summed E-state index contributed by atoms with van der Waals surface area (Å²) in [4.78, 5) is 12.4. The topological polar surface area (TPSA) is 41.1 Å². The fraction of sp³-hybridized carbons (Fsp3) is 0.944. The molecule has 2 heterocycles. The number of nitrogens with one attached hydrogen (secondary N) is 2. The summed E-state index contributed by atoms with van der Waals surface area (Å²) in [5.41, 5.74) is 0. The molecular formula is C18H33ClN2O. The Morgan fingerprint density at radius 1 is 1.18 bits per heavy atom. The first-order valence-electron chi connectivity index (χ1n) is 9.30. The predicted molar refractivity (Wildman–Crippen MR) is 93.3 cm³/mol. The lowest BCUT2D eigenvalue weighted by Gasteiger charge is -2.35. The Kier molecular flexibility index (Phi) is 7.01. The van der Waals surface area contributed by atoms with Gasteiger partial charge in [-0.2, -0.15) is 0 Å². The molecule has 0 spiro atoms. The minimum Gasteiger partial charge on any atom is -0.353 e. The largest absolute Gasteiger partial charge is 0.353 e. The van der Waals surface area contributed by atoms with Crippen LogP contribution in [0.3, 0.4) is 0 Å². The number of fused-ring (bicyclic) bond motifs is 2. The number of piperidine rings is 1. The summed E-state index contributed by atoms with van der Waals surface area (Å²) in [6, 6.07) is 1.86. The number of carbonyl (C=O) groups is 1. The van der Waals surface area contributed by atoms with Gasteiger partial charge < -0.3 is 10.6 Å². The fourth-order valence-electron chi connectivity index (χ4n) is 4.56. The van der Waals surface area contributed by atoms with Gasteiger partial charge in [-0.25, -0.2) is 0 Å². The molecule has 3 unspecified atom stereocenters. The average Bonchev–Trinajstić information content (AvgIpc) is 2.73. The van der Waals surface area contributed by atoms with Gasteiger partial charge in [0.1, 0.15) is 0 Å². The van der Waals surface area contributed by atoms with Gasteiger partial charge in [0, 0.05) is 24.5 Å². The van der Waals surface area contributed by atoms with Crippen molar-refractivity contribution >= 4 is 18.3 Å². The van der Waals surface area contributed by atoms with Gasteiger partial charge in [-0.1, -0.05) is 26.2 Å². The standard InChI is InChI=1S/C18H32N2O.ClH/c1-2-3-7-17(14-5-4-6-14)20-18(21)12-13-10-15-8-9-16(11-13)19-15;/h13-17,19H,2-12H2,1H3,(H,20,21);1H. The zero-order valence-corrected chi connectivity index (χ0v) is 14.8. The second-order valence-corrected chi connectivity index (χ2v) is 7.69. The average molecular weight is 329 g/mol. The molecule has 4 heteroatoms. The molecule has 2 aliphatic heterocycles. The van der Waals surface area contributed by atoms with E-state index in [4.69, 9.17) is 0 Å². The molecule has 0 radical (unpaired) electrons. The quantitative estimate of drug-likeness (QED) is 0.746. The number of carbonyl (C=O) groups excluding carboxylic acids is 1. The van der Waals surface area contributed by atoms with Crippen molar-refractivity contribution in [3.63, 3.8) is 0 Å². The minimum absolute atomic E-state index is 0. The molecule has 1 aliphatic carbocycles. The van der Waals surface area contributed by atoms with Crippen LogP contribution < -0.4 is 10.6 Å². The van der Waals surface area contributed by atoms with Crippen LogP contribution in [-0.4, -0.2) is 24.0 Å². The van der Waals surface area contributed by atoms with E-state index in [0.29, 0.717) is 30.0 Å². The monoisotopic (exact) mass is 328 g/mol. The van der Waals surface area contributed by atoms with Gasteiger partial charge in [-0.3, -0.25) is 4.79 Å². The summed E-state index contributed by atoms with van der Waals surface area (Å²) in [6.07, 6.45) is 13.5. The van der Waals surface area contributed by atoms with Crippen molar-refractivity contribution in [1.29, 1.82) is 0 Å². The van der Waals surface area contributed by atoms with E-state index in [-0.39, 0.29) is 12.4 Å². The zero-order chi connectivity index (χ0) is 14.7. The number of hydrogen-bond acceptors (Lipinski definition) is 2. The highest BCUT2D eigenvalue weighted by molar-refractivity contribution is 5.85. The van der Waals surface area contributed by atoms with Gasteiger partial charge in [0.15, 0.2) is 0 Å². The molecule has 3 rings (SSSR count). The molecule has 1 amide bonds. The van der Waals surface area contributed by atoms with Crippen LogP contribution in [0.4, 0.5) is 0 Å². The summed E-state index contributed by atoms with van der Waals surface area (Å²) in [7, 11) is 0. The third-order valence-electron chi connectivity index (χ3n) is 5.98. The highest BCUT2D eigenvalue weighted by atomic mass is 35.5. The maximum absolute atomic E-state index is 12.4. The Bertz CT molecular complexity index is 347. The lowest BCUT2D eigenvalue weighted by atomic mass is 9.78. The smallest absolute Gasteiger partial charge is 0.220 e. The highest BCUT2D eigenvalue weighted by Gasteiger charge is 2.35. The molecule has 128 valence electrons. The number of halogens is 1. The zero-order valence-electron chi connectivity index (χ0n) is 14.0. The van der Waals surface area contributed by atoms with Crippen LogP contribution >= 0.6 is 12.4 Å². The van der Waals surface area contributed by atoms with Crippen LogP contribution in [0.15, 0.2) is 0 Å². The van der Waals surface area contributed by atoms with Crippen molar-refractivity contribution in [3.8, 4) is 0 Å². The number of hydrogen-bond donors (Lipinski definition) is 2. The van der Waals surface area contributed by atoms with Crippen LogP contribution in [0.25, 0.3) is 0 Å². The summed E-state index contributed by atoms with van der Waals surface area (Å²) < 4.78 is 0. The van der Waals surface area contributed by atoms with Crippen LogP contribution in [-0.2, 0) is 4.79 Å². The van der Waals surface area contributed by atoms with Crippen LogP contribution in [0.1, 0.15) is 77.6 Å². The van der Waals surface area contributed by atoms with E-state index in [9.17, 15) is 4.79 Å². The normalized spacial score (nSPS) is 32.0. The summed E-state index contributed by atoms with van der Waals surface area (Å²) in [5.74, 6) is 1.72. The van der Waals surface area contributed by atoms with Gasteiger partial charge in [-0.15, -0.1) is 12.4 Å². The first-order chi connectivity index (χ1) is 10.2. The van der Waals surface area contributed by atoms with E-state index < -0.39 is 0 Å². The van der Waals surface area contributed by atoms with Gasteiger partial charge in [0.2, 0.25) is 5.91 Å². The highest BCUT2D eigenvalue weighted by Crippen LogP contribution is 2.34. The van der Waals surface area contributed by atoms with Crippen LogP contribution in [0, 0.1) is 11.8 Å². The Morgan fingerprint density at radius 3 is 2.41 bits per heavy atom. The SMILES string of the molecule is CCCCC(NC(=O)CC1CC2CCC(C1)N2)C1CCC1.Cl. The molecule has 2 N–H and O–H groups in total. The van der Waals surface area contributed by atoms with Crippen molar-refractivity contribution < 1.29 is 4.79 Å². The molecule has 3 fully saturated rings. The first-order valence-corrected chi connectivity index (χ1v) is 9.30. The van der Waals surface area contributed by atoms with Gasteiger partial charge in [0.25, 0.3) is 0 Å². The van der Waals surface area contributed by atoms with Crippen molar-refractivity contribution in [2.75, 3.05) is 0 Å². The van der Waals surface area contributed by atoms with Crippen LogP contribution in [0.2, 0.25) is 0 Å². The molecule has 2 saturated heterocycles. The maximum Gasteiger partial charge on any atom is 0.220 e. The number of amides is 1. The Hall–Kier alpha value is -0.280. The van der Waals surface area contributed by atoms with E-state index in [0.717, 1.165) is 12.3 Å². The maximum atomic E-state index is 12.4. The number of unbranched alkanes of at least 4 members (excludes halogenated alkanes) is 1. The Balaban J connectivity index is 0.00000176. The summed E-state index contributed by atoms with van der Waals surface area (Å²) in [5, 5.41) is 7.06. The molecule has 3 nitrogen and oxygen atoms in total. The molecule has 0 aromatic rings. The summed E-state index contributed by atoms with van der Waals surface area (Å²) in [6.45, 7) is 2.24. The molecule has 3 aliphatic rings. The van der Waals surface area contributed by atoms with Gasteiger partial charge >= 0.3 is 0 Å². The third kappa shape index (κ3) is 4.61. The van der Waals surface area contributed by atoms with Crippen molar-refractivity contribution in [2.45, 2.75) is 95.7 Å². The molecule has 1 saturated carbocycles. The fourth-order valence-corrected chi connectivity index (χ4v) is 4.56. The first kappa shape index (κ1) is 18.1. The molecule has 0 aromatic heterocycles. The van der Waals surface area contributed by atoms with E-state index in [1.54, 1.807) is 0 Å². The molecule has 3 atom stereocenters. The van der Waals surface area contributed by atoms with E-state index in [1.165, 1.54) is 64.2 Å². The number of rotatable bonds is 7. The lowest BCUT2D eigenvalue weighted by molar-refractivity contribution is -0.123.